The van der Waals surface area contributed by atoms with Gasteiger partial charge in [0.1, 0.15) is 11.3 Å². The van der Waals surface area contributed by atoms with Crippen LogP contribution in [0.1, 0.15) is 39.3 Å². The summed E-state index contributed by atoms with van der Waals surface area (Å²) in [6, 6.07) is 0. The fourth-order valence-electron chi connectivity index (χ4n) is 2.47. The van der Waals surface area contributed by atoms with Gasteiger partial charge in [0.25, 0.3) is 0 Å². The summed E-state index contributed by atoms with van der Waals surface area (Å²) in [6.07, 6.45) is 3.51. The van der Waals surface area contributed by atoms with E-state index in [4.69, 9.17) is 9.84 Å². The zero-order valence-corrected chi connectivity index (χ0v) is 12.9. The molecule has 118 valence electrons. The first-order valence-electron chi connectivity index (χ1n) is 7.35. The second-order valence-electron chi connectivity index (χ2n) is 6.52. The Bertz CT molecular complexity index is 481. The summed E-state index contributed by atoms with van der Waals surface area (Å²) < 4.78 is 7.15. The van der Waals surface area contributed by atoms with Crippen LogP contribution in [0, 0.1) is 5.92 Å². The highest BCUT2D eigenvalue weighted by molar-refractivity contribution is 5.68. The molecule has 0 radical (unpaired) electrons. The molecule has 1 saturated heterocycles. The minimum atomic E-state index is -0.466. The van der Waals surface area contributed by atoms with Gasteiger partial charge in [0, 0.05) is 19.6 Å². The van der Waals surface area contributed by atoms with Crippen LogP contribution in [0.2, 0.25) is 0 Å². The Hall–Kier alpha value is -1.63. The zero-order valence-electron chi connectivity index (χ0n) is 12.9. The normalized spacial score (nSPS) is 19.6. The number of piperidine rings is 1. The van der Waals surface area contributed by atoms with Crippen molar-refractivity contribution < 1.29 is 14.6 Å². The van der Waals surface area contributed by atoms with Gasteiger partial charge >= 0.3 is 6.09 Å². The van der Waals surface area contributed by atoms with Gasteiger partial charge in [-0.25, -0.2) is 4.79 Å². The van der Waals surface area contributed by atoms with Crippen molar-refractivity contribution in [3.8, 4) is 0 Å². The van der Waals surface area contributed by atoms with E-state index in [2.05, 4.69) is 10.3 Å². The summed E-state index contributed by atoms with van der Waals surface area (Å²) in [6.45, 7) is 7.63. The Morgan fingerprint density at radius 2 is 2.29 bits per heavy atom. The van der Waals surface area contributed by atoms with Crippen LogP contribution in [0.5, 0.6) is 0 Å². The number of carbonyl (C=O) groups is 1. The van der Waals surface area contributed by atoms with E-state index in [9.17, 15) is 4.79 Å². The summed E-state index contributed by atoms with van der Waals surface area (Å²) >= 11 is 0. The first kappa shape index (κ1) is 15.8. The molecule has 0 saturated carbocycles. The van der Waals surface area contributed by atoms with E-state index < -0.39 is 5.60 Å². The number of hydrogen-bond acceptors (Lipinski definition) is 5. The smallest absolute Gasteiger partial charge is 0.410 e. The largest absolute Gasteiger partial charge is 0.444 e. The number of ether oxygens (including phenoxy) is 1. The van der Waals surface area contributed by atoms with Crippen LogP contribution in [0.15, 0.2) is 6.20 Å². The van der Waals surface area contributed by atoms with E-state index in [1.165, 1.54) is 0 Å². The third-order valence-electron chi connectivity index (χ3n) is 3.36. The summed E-state index contributed by atoms with van der Waals surface area (Å²) in [5.74, 6) is 0.333. The molecule has 0 aliphatic carbocycles. The molecular formula is C14H24N4O3. The van der Waals surface area contributed by atoms with Crippen molar-refractivity contribution in [2.45, 2.75) is 52.4 Å². The Kier molecular flexibility index (Phi) is 4.82. The maximum Gasteiger partial charge on any atom is 0.410 e. The van der Waals surface area contributed by atoms with Gasteiger partial charge in [-0.2, -0.15) is 0 Å². The highest BCUT2D eigenvalue weighted by Crippen LogP contribution is 2.20. The maximum atomic E-state index is 12.1. The van der Waals surface area contributed by atoms with Crippen molar-refractivity contribution in [2.75, 3.05) is 13.1 Å². The molecule has 0 unspecified atom stereocenters. The third-order valence-corrected chi connectivity index (χ3v) is 3.36. The van der Waals surface area contributed by atoms with E-state index in [1.54, 1.807) is 15.8 Å². The molecule has 0 bridgehead atoms. The van der Waals surface area contributed by atoms with Crippen molar-refractivity contribution >= 4 is 6.09 Å². The molecule has 7 heteroatoms. The van der Waals surface area contributed by atoms with Gasteiger partial charge in [-0.3, -0.25) is 4.68 Å². The minimum absolute atomic E-state index is 0.102. The first-order chi connectivity index (χ1) is 9.87. The number of carbonyl (C=O) groups excluding carboxylic acids is 1. The highest BCUT2D eigenvalue weighted by Gasteiger charge is 2.27. The van der Waals surface area contributed by atoms with Crippen LogP contribution in [0.4, 0.5) is 4.79 Å². The molecule has 0 spiro atoms. The number of rotatable bonds is 3. The fourth-order valence-corrected chi connectivity index (χ4v) is 2.47. The van der Waals surface area contributed by atoms with Crippen LogP contribution in [-0.4, -0.2) is 49.8 Å². The number of aromatic nitrogens is 3. The number of aliphatic hydroxyl groups excluding tert-OH is 1. The van der Waals surface area contributed by atoms with Gasteiger partial charge in [0.2, 0.25) is 0 Å². The third kappa shape index (κ3) is 4.70. The number of nitrogens with zero attached hydrogens (tertiary/aromatic N) is 4. The number of amides is 1. The second-order valence-corrected chi connectivity index (χ2v) is 6.52. The van der Waals surface area contributed by atoms with Gasteiger partial charge in [0.15, 0.2) is 0 Å². The quantitative estimate of drug-likeness (QED) is 0.912. The van der Waals surface area contributed by atoms with Crippen molar-refractivity contribution in [3.63, 3.8) is 0 Å². The standard InChI is InChI=1S/C14H24N4O3/c1-14(2,3)21-13(20)17-6-4-5-11(7-17)8-18-9-12(10-19)15-16-18/h9,11,19H,4-8,10H2,1-3H3/t11-/m0/s1. The number of likely N-dealkylation sites (tertiary alicyclic amines) is 1. The summed E-state index contributed by atoms with van der Waals surface area (Å²) in [4.78, 5) is 13.9. The average Bonchev–Trinajstić information content (AvgIpc) is 2.85. The average molecular weight is 296 g/mol. The summed E-state index contributed by atoms with van der Waals surface area (Å²) in [5, 5.41) is 16.8. The van der Waals surface area contributed by atoms with Crippen molar-refractivity contribution in [2.24, 2.45) is 5.92 Å². The van der Waals surface area contributed by atoms with Gasteiger partial charge in [0.05, 0.1) is 12.8 Å². The van der Waals surface area contributed by atoms with Crippen molar-refractivity contribution in [1.82, 2.24) is 19.9 Å². The van der Waals surface area contributed by atoms with Crippen molar-refractivity contribution in [3.05, 3.63) is 11.9 Å². The van der Waals surface area contributed by atoms with Crippen LogP contribution >= 0.6 is 0 Å². The molecule has 2 rings (SSSR count). The molecule has 1 amide bonds. The molecule has 1 aromatic rings. The van der Waals surface area contributed by atoms with Gasteiger partial charge in [-0.05, 0) is 39.5 Å². The molecule has 1 fully saturated rings. The van der Waals surface area contributed by atoms with E-state index in [0.717, 1.165) is 19.4 Å². The molecule has 7 nitrogen and oxygen atoms in total. The molecule has 0 aromatic carbocycles. The van der Waals surface area contributed by atoms with E-state index in [1.807, 2.05) is 20.8 Å². The lowest BCUT2D eigenvalue weighted by Gasteiger charge is -2.34. The highest BCUT2D eigenvalue weighted by atomic mass is 16.6. The second kappa shape index (κ2) is 6.43. The predicted molar refractivity (Wildman–Crippen MR) is 76.5 cm³/mol. The van der Waals surface area contributed by atoms with Crippen LogP contribution in [0.3, 0.4) is 0 Å². The molecule has 1 aromatic heterocycles. The molecule has 1 atom stereocenters. The number of aliphatic hydroxyl groups is 1. The lowest BCUT2D eigenvalue weighted by Crippen LogP contribution is -2.43. The van der Waals surface area contributed by atoms with Crippen LogP contribution in [0.25, 0.3) is 0 Å². The fraction of sp³-hybridized carbons (Fsp3) is 0.786. The Labute approximate surface area is 124 Å². The van der Waals surface area contributed by atoms with Gasteiger partial charge < -0.3 is 14.7 Å². The van der Waals surface area contributed by atoms with Crippen molar-refractivity contribution in [1.29, 1.82) is 0 Å². The summed E-state index contributed by atoms with van der Waals surface area (Å²) in [7, 11) is 0. The molecule has 2 heterocycles. The maximum absolute atomic E-state index is 12.1. The van der Waals surface area contributed by atoms with E-state index in [-0.39, 0.29) is 12.7 Å². The minimum Gasteiger partial charge on any atom is -0.444 e. The molecule has 1 aliphatic heterocycles. The Morgan fingerprint density at radius 3 is 2.90 bits per heavy atom. The first-order valence-corrected chi connectivity index (χ1v) is 7.35. The zero-order chi connectivity index (χ0) is 15.5. The monoisotopic (exact) mass is 296 g/mol. The lowest BCUT2D eigenvalue weighted by atomic mass is 9.98. The van der Waals surface area contributed by atoms with Gasteiger partial charge in [-0.15, -0.1) is 5.10 Å². The Morgan fingerprint density at radius 1 is 1.52 bits per heavy atom. The predicted octanol–water partition coefficient (Wildman–Crippen LogP) is 1.42. The topological polar surface area (TPSA) is 80.5 Å². The molecular weight excluding hydrogens is 272 g/mol. The van der Waals surface area contributed by atoms with Crippen LogP contribution < -0.4 is 0 Å². The van der Waals surface area contributed by atoms with E-state index in [0.29, 0.717) is 24.7 Å². The van der Waals surface area contributed by atoms with Crippen LogP contribution in [-0.2, 0) is 17.9 Å². The number of hydrogen-bond donors (Lipinski definition) is 1. The SMILES string of the molecule is CC(C)(C)OC(=O)N1CCC[C@H](Cn2cc(CO)nn2)C1. The molecule has 21 heavy (non-hydrogen) atoms. The molecule has 1 N–H and O–H groups in total. The summed E-state index contributed by atoms with van der Waals surface area (Å²) in [5.41, 5.74) is 0.0983. The van der Waals surface area contributed by atoms with Gasteiger partial charge in [-0.1, -0.05) is 5.21 Å². The molecule has 1 aliphatic rings. The Balaban J connectivity index is 1.89. The lowest BCUT2D eigenvalue weighted by molar-refractivity contribution is 0.0155. The van der Waals surface area contributed by atoms with E-state index >= 15 is 0 Å².